The molecule has 0 aliphatic rings. The molecule has 5 rings (SSSR count). The fourth-order valence-corrected chi connectivity index (χ4v) is 6.33. The zero-order valence-corrected chi connectivity index (χ0v) is 24.6. The predicted octanol–water partition coefficient (Wildman–Crippen LogP) is 5.89. The minimum Gasteiger partial charge on any atom is -0.496 e. The third kappa shape index (κ3) is 5.29. The molecule has 0 aliphatic heterocycles. The van der Waals surface area contributed by atoms with Crippen molar-refractivity contribution in [1.82, 2.24) is 18.9 Å². The van der Waals surface area contributed by atoms with Crippen LogP contribution in [0.1, 0.15) is 33.5 Å². The largest absolute Gasteiger partial charge is 0.496 e. The Morgan fingerprint density at radius 1 is 0.975 bits per heavy atom. The minimum absolute atomic E-state index is 0.163. The lowest BCUT2D eigenvalue weighted by Crippen LogP contribution is -2.13. The maximum absolute atomic E-state index is 14.0. The molecule has 0 atom stereocenters. The van der Waals surface area contributed by atoms with E-state index in [9.17, 15) is 8.42 Å². The minimum atomic E-state index is -4.00. The van der Waals surface area contributed by atoms with E-state index in [4.69, 9.17) is 14.5 Å². The first kappa shape index (κ1) is 27.7. The van der Waals surface area contributed by atoms with Crippen molar-refractivity contribution >= 4 is 32.8 Å². The van der Waals surface area contributed by atoms with Gasteiger partial charge in [0.15, 0.2) is 5.16 Å². The van der Waals surface area contributed by atoms with Crippen molar-refractivity contribution in [3.63, 3.8) is 0 Å². The quantitative estimate of drug-likeness (QED) is 0.159. The Labute approximate surface area is 238 Å². The van der Waals surface area contributed by atoms with Crippen LogP contribution < -0.4 is 9.47 Å². The number of hydrogen-bond acceptors (Lipinski definition) is 8. The van der Waals surface area contributed by atoms with Gasteiger partial charge in [0, 0.05) is 35.5 Å². The first-order valence-corrected chi connectivity index (χ1v) is 15.3. The fraction of sp³-hybridized carbons (Fsp3) is 0.233. The standard InChI is InChI=1S/C30H30N4O4S2/c1-19-11-13-24(14-12-19)40(35,36)34-17-23(15-25-21(3)28(37-4)20(2)16-31-25)26-27(34)29(33-30(32-26)39-5)38-18-22-9-7-6-8-10-22/h6-14,16-17H,15,18H2,1-5H3. The average molecular weight is 575 g/mol. The molecule has 0 saturated heterocycles. The molecule has 0 unspecified atom stereocenters. The van der Waals surface area contributed by atoms with Crippen LogP contribution in [0.15, 0.2) is 77.0 Å². The van der Waals surface area contributed by atoms with Gasteiger partial charge in [0.25, 0.3) is 10.0 Å². The van der Waals surface area contributed by atoms with Gasteiger partial charge in [0.1, 0.15) is 23.4 Å². The molecule has 0 radical (unpaired) electrons. The van der Waals surface area contributed by atoms with E-state index in [1.807, 2.05) is 57.4 Å². The molecule has 5 aromatic rings. The number of fused-ring (bicyclic) bond motifs is 1. The van der Waals surface area contributed by atoms with Crippen LogP contribution in [0.2, 0.25) is 0 Å². The van der Waals surface area contributed by atoms with Crippen LogP contribution in [0.5, 0.6) is 11.6 Å². The van der Waals surface area contributed by atoms with Crippen LogP contribution in [0.4, 0.5) is 0 Å². The molecular weight excluding hydrogens is 544 g/mol. The first-order chi connectivity index (χ1) is 19.2. The van der Waals surface area contributed by atoms with E-state index in [-0.39, 0.29) is 17.4 Å². The molecule has 2 aromatic carbocycles. The van der Waals surface area contributed by atoms with Gasteiger partial charge in [0.05, 0.1) is 17.7 Å². The third-order valence-corrected chi connectivity index (χ3v) is 8.94. The van der Waals surface area contributed by atoms with Crippen molar-refractivity contribution in [2.75, 3.05) is 13.4 Å². The number of pyridine rings is 1. The van der Waals surface area contributed by atoms with Crippen molar-refractivity contribution in [3.05, 3.63) is 101 Å². The summed E-state index contributed by atoms with van der Waals surface area (Å²) in [6.07, 6.45) is 5.60. The van der Waals surface area contributed by atoms with E-state index in [2.05, 4.69) is 9.97 Å². The summed E-state index contributed by atoms with van der Waals surface area (Å²) in [5.74, 6) is 0.957. The van der Waals surface area contributed by atoms with Gasteiger partial charge in [-0.1, -0.05) is 59.8 Å². The Balaban J connectivity index is 1.72. The number of ether oxygens (including phenoxy) is 2. The van der Waals surface area contributed by atoms with Crippen molar-refractivity contribution in [1.29, 1.82) is 0 Å². The third-order valence-electron chi connectivity index (χ3n) is 6.72. The summed E-state index contributed by atoms with van der Waals surface area (Å²) in [6, 6.07) is 16.4. The highest BCUT2D eigenvalue weighted by Gasteiger charge is 2.27. The van der Waals surface area contributed by atoms with Gasteiger partial charge >= 0.3 is 0 Å². The number of rotatable bonds is 9. The first-order valence-electron chi connectivity index (χ1n) is 12.7. The molecule has 0 bridgehead atoms. The SMILES string of the molecule is COc1c(C)cnc(Cc2cn(S(=O)(=O)c3ccc(C)cc3)c3c(OCc4ccccc4)nc(SC)nc23)c1C. The summed E-state index contributed by atoms with van der Waals surface area (Å²) < 4.78 is 41.1. The summed E-state index contributed by atoms with van der Waals surface area (Å²) in [7, 11) is -2.37. The summed E-state index contributed by atoms with van der Waals surface area (Å²) in [5, 5.41) is 0.480. The lowest BCUT2D eigenvalue weighted by molar-refractivity contribution is 0.294. The monoisotopic (exact) mass is 574 g/mol. The van der Waals surface area contributed by atoms with E-state index < -0.39 is 10.0 Å². The maximum atomic E-state index is 14.0. The Morgan fingerprint density at radius 3 is 2.38 bits per heavy atom. The Hall–Kier alpha value is -3.89. The maximum Gasteiger partial charge on any atom is 0.268 e. The van der Waals surface area contributed by atoms with Gasteiger partial charge < -0.3 is 9.47 Å². The van der Waals surface area contributed by atoms with Crippen LogP contribution in [-0.2, 0) is 23.1 Å². The molecular formula is C30H30N4O4S2. The molecule has 0 spiro atoms. The molecule has 206 valence electrons. The zero-order valence-electron chi connectivity index (χ0n) is 23.0. The number of aromatic nitrogens is 4. The topological polar surface area (TPSA) is 96.2 Å². The van der Waals surface area contributed by atoms with Crippen molar-refractivity contribution in [2.45, 2.75) is 43.9 Å². The number of thioether (sulfide) groups is 1. The molecule has 0 N–H and O–H groups in total. The van der Waals surface area contributed by atoms with Crippen LogP contribution in [0.3, 0.4) is 0 Å². The molecule has 0 fully saturated rings. The van der Waals surface area contributed by atoms with Gasteiger partial charge in [-0.2, -0.15) is 4.98 Å². The summed E-state index contributed by atoms with van der Waals surface area (Å²) >= 11 is 1.36. The highest BCUT2D eigenvalue weighted by molar-refractivity contribution is 7.98. The number of hydrogen-bond donors (Lipinski definition) is 0. The highest BCUT2D eigenvalue weighted by Crippen LogP contribution is 2.35. The highest BCUT2D eigenvalue weighted by atomic mass is 32.2. The lowest BCUT2D eigenvalue weighted by Gasteiger charge is -2.12. The second-order valence-corrected chi connectivity index (χ2v) is 12.1. The number of nitrogens with zero attached hydrogens (tertiary/aromatic N) is 4. The second kappa shape index (κ2) is 11.3. The summed E-state index contributed by atoms with van der Waals surface area (Å²) in [4.78, 5) is 14.2. The van der Waals surface area contributed by atoms with Crippen LogP contribution in [0.25, 0.3) is 11.0 Å². The second-order valence-electron chi connectivity index (χ2n) is 9.48. The fourth-order valence-electron chi connectivity index (χ4n) is 4.59. The zero-order chi connectivity index (χ0) is 28.4. The van der Waals surface area contributed by atoms with Crippen molar-refractivity contribution in [2.24, 2.45) is 0 Å². The smallest absolute Gasteiger partial charge is 0.268 e. The number of benzene rings is 2. The number of methoxy groups -OCH3 is 1. The van der Waals surface area contributed by atoms with Crippen molar-refractivity contribution in [3.8, 4) is 11.6 Å². The van der Waals surface area contributed by atoms with Gasteiger partial charge in [-0.05, 0) is 44.7 Å². The predicted molar refractivity (Wildman–Crippen MR) is 157 cm³/mol. The Morgan fingerprint density at radius 2 is 1.70 bits per heavy atom. The van der Waals surface area contributed by atoms with E-state index >= 15 is 0 Å². The van der Waals surface area contributed by atoms with Crippen LogP contribution >= 0.6 is 11.8 Å². The lowest BCUT2D eigenvalue weighted by atomic mass is 10.0. The molecule has 0 amide bonds. The number of aryl methyl sites for hydroxylation is 2. The van der Waals surface area contributed by atoms with E-state index in [0.717, 1.165) is 33.7 Å². The molecule has 0 aliphatic carbocycles. The summed E-state index contributed by atoms with van der Waals surface area (Å²) in [6.45, 7) is 6.03. The molecule has 10 heteroatoms. The molecule has 3 heterocycles. The van der Waals surface area contributed by atoms with E-state index in [1.54, 1.807) is 43.8 Å². The molecule has 0 saturated carbocycles. The van der Waals surface area contributed by atoms with E-state index in [0.29, 0.717) is 28.2 Å². The normalized spacial score (nSPS) is 11.6. The summed E-state index contributed by atoms with van der Waals surface area (Å²) in [5.41, 5.74) is 5.97. The van der Waals surface area contributed by atoms with Gasteiger partial charge in [-0.25, -0.2) is 17.4 Å². The molecule has 8 nitrogen and oxygen atoms in total. The average Bonchev–Trinajstić information content (AvgIpc) is 3.33. The van der Waals surface area contributed by atoms with Gasteiger partial charge in [-0.3, -0.25) is 4.98 Å². The molecule has 3 aromatic heterocycles. The van der Waals surface area contributed by atoms with Crippen LogP contribution in [0, 0.1) is 20.8 Å². The van der Waals surface area contributed by atoms with Gasteiger partial charge in [0.2, 0.25) is 5.88 Å². The molecule has 40 heavy (non-hydrogen) atoms. The Bertz CT molecular complexity index is 1790. The van der Waals surface area contributed by atoms with Crippen LogP contribution in [-0.4, -0.2) is 40.7 Å². The van der Waals surface area contributed by atoms with Crippen molar-refractivity contribution < 1.29 is 17.9 Å². The van der Waals surface area contributed by atoms with Gasteiger partial charge in [-0.15, -0.1) is 0 Å². The Kier molecular flexibility index (Phi) is 7.82. The van der Waals surface area contributed by atoms with E-state index in [1.165, 1.54) is 15.7 Å².